The number of ketones is 1. The summed E-state index contributed by atoms with van der Waals surface area (Å²) >= 11 is 0. The first-order valence-electron chi connectivity index (χ1n) is 28.8. The summed E-state index contributed by atoms with van der Waals surface area (Å²) < 4.78 is 13.4. The van der Waals surface area contributed by atoms with Crippen LogP contribution in [0.3, 0.4) is 0 Å². The van der Waals surface area contributed by atoms with Gasteiger partial charge in [-0.15, -0.1) is 4.98 Å². The molecule has 3 saturated heterocycles. The van der Waals surface area contributed by atoms with Crippen molar-refractivity contribution in [2.45, 2.75) is 232 Å². The molecule has 5 heterocycles. The van der Waals surface area contributed by atoms with Crippen LogP contribution in [0.5, 0.6) is 23.5 Å². The highest BCUT2D eigenvalue weighted by Crippen LogP contribution is 2.44. The normalized spacial score (nSPS) is 20.6. The highest BCUT2D eigenvalue weighted by molar-refractivity contribution is 6.10. The summed E-state index contributed by atoms with van der Waals surface area (Å²) in [4.78, 5) is 59.9. The predicted molar refractivity (Wildman–Crippen MR) is 312 cm³/mol. The summed E-state index contributed by atoms with van der Waals surface area (Å²) in [5.41, 5.74) is -0.0327. The van der Waals surface area contributed by atoms with Gasteiger partial charge in [0.15, 0.2) is 5.78 Å². The summed E-state index contributed by atoms with van der Waals surface area (Å²) in [6.07, 6.45) is 10.7. The maximum atomic E-state index is 13.5. The molecule has 2 aromatic heterocycles. The molecule has 3 aliphatic rings. The van der Waals surface area contributed by atoms with Crippen molar-refractivity contribution in [3.05, 3.63) is 59.7 Å². The second kappa shape index (κ2) is 23.3. The number of anilines is 4. The SMILES string of the molecule is CCCCN(c1nc(Oc2ccc(C(=O)c3ccccc3)c(O)c2)nc(OC2CC(C)(C)N(C)C(C)(C)C2)n1)c1nc(N(CCCC)C2CC(C)(C)N(C)C(C)(C)C2)nc(N(CCCC)C2CC(C)(C)N(C)C(C)(C)C2)n1. The van der Waals surface area contributed by atoms with Gasteiger partial charge in [-0.1, -0.05) is 70.4 Å². The van der Waals surface area contributed by atoms with Gasteiger partial charge < -0.3 is 24.4 Å². The first kappa shape index (κ1) is 59.5. The van der Waals surface area contributed by atoms with Crippen LogP contribution < -0.4 is 24.2 Å². The van der Waals surface area contributed by atoms with E-state index in [4.69, 9.17) is 39.4 Å². The van der Waals surface area contributed by atoms with Crippen LogP contribution in [-0.4, -0.2) is 148 Å². The van der Waals surface area contributed by atoms with Gasteiger partial charge in [0.2, 0.25) is 23.8 Å². The fourth-order valence-electron chi connectivity index (χ4n) is 12.6. The summed E-state index contributed by atoms with van der Waals surface area (Å²) in [6.45, 7) is 36.6. The molecular weight excluding hydrogens is 965 g/mol. The van der Waals surface area contributed by atoms with E-state index in [2.05, 4.69) is 149 Å². The van der Waals surface area contributed by atoms with E-state index in [-0.39, 0.29) is 92.2 Å². The Morgan fingerprint density at radius 2 is 0.961 bits per heavy atom. The predicted octanol–water partition coefficient (Wildman–Crippen LogP) is 12.3. The zero-order valence-corrected chi connectivity index (χ0v) is 50.5. The lowest BCUT2D eigenvalue weighted by molar-refractivity contribution is -0.0579. The molecule has 3 aliphatic heterocycles. The number of rotatable bonds is 21. The molecule has 424 valence electrons. The molecule has 4 aromatic rings. The first-order valence-corrected chi connectivity index (χ1v) is 28.8. The molecule has 0 radical (unpaired) electrons. The Kier molecular flexibility index (Phi) is 18.0. The van der Waals surface area contributed by atoms with Gasteiger partial charge in [0, 0.05) is 89.4 Å². The minimum absolute atomic E-state index is 0.0327. The topological polar surface area (TPSA) is 153 Å². The van der Waals surface area contributed by atoms with Crippen molar-refractivity contribution in [2.75, 3.05) is 55.5 Å². The number of phenolic OH excluding ortho intramolecular Hbond substituents is 1. The number of hydrogen-bond donors (Lipinski definition) is 1. The molecule has 0 unspecified atom stereocenters. The Bertz CT molecular complexity index is 2510. The molecule has 1 N–H and O–H groups in total. The second-order valence-electron chi connectivity index (χ2n) is 26.3. The van der Waals surface area contributed by atoms with E-state index in [9.17, 15) is 9.90 Å². The van der Waals surface area contributed by atoms with E-state index in [0.717, 1.165) is 90.1 Å². The lowest BCUT2D eigenvalue weighted by Gasteiger charge is -2.56. The van der Waals surface area contributed by atoms with Crippen LogP contribution in [-0.2, 0) is 0 Å². The minimum Gasteiger partial charge on any atom is -0.507 e. The van der Waals surface area contributed by atoms with Crippen LogP contribution in [0, 0.1) is 0 Å². The van der Waals surface area contributed by atoms with Gasteiger partial charge in [0.1, 0.15) is 17.6 Å². The molecule has 0 aliphatic carbocycles. The van der Waals surface area contributed by atoms with E-state index in [1.165, 1.54) is 6.07 Å². The molecule has 77 heavy (non-hydrogen) atoms. The van der Waals surface area contributed by atoms with E-state index in [1.807, 2.05) is 11.0 Å². The standard InChI is InChI=1S/C61H96N12O4/c1-19-22-32-71(43-36-56(4,5)68(16)57(6,7)37-43)50-62-51(72(33-23-20-2)44-38-58(8,9)69(17)59(10,11)39-44)64-52(63-50)73(34-24-21-3)53-65-54(67-55(66-53)77-46-40-60(12,13)70(18)61(14,15)41-46)76-45-30-31-47(48(74)35-45)49(75)42-28-26-25-27-29-42/h25-31,35,43-44,46,74H,19-24,32-34,36-41H2,1-18H3. The van der Waals surface area contributed by atoms with Crippen LogP contribution in [0.25, 0.3) is 0 Å². The molecule has 3 fully saturated rings. The van der Waals surface area contributed by atoms with Gasteiger partial charge in [0.25, 0.3) is 0 Å². The molecule has 2 aromatic carbocycles. The highest BCUT2D eigenvalue weighted by atomic mass is 16.5. The number of benzene rings is 2. The zero-order valence-electron chi connectivity index (χ0n) is 50.5. The molecule has 16 heteroatoms. The van der Waals surface area contributed by atoms with Crippen LogP contribution in [0.15, 0.2) is 48.5 Å². The number of carbonyl (C=O) groups excluding carboxylic acids is 1. The number of likely N-dealkylation sites (tertiary alicyclic amines) is 3. The highest BCUT2D eigenvalue weighted by Gasteiger charge is 2.48. The maximum absolute atomic E-state index is 13.5. The Morgan fingerprint density at radius 3 is 1.42 bits per heavy atom. The molecule has 0 bridgehead atoms. The third kappa shape index (κ3) is 13.5. The fourth-order valence-corrected chi connectivity index (χ4v) is 12.6. The van der Waals surface area contributed by atoms with E-state index in [1.54, 1.807) is 36.4 Å². The molecule has 0 amide bonds. The Morgan fingerprint density at radius 1 is 0.545 bits per heavy atom. The summed E-state index contributed by atoms with van der Waals surface area (Å²) in [5, 5.41) is 11.3. The van der Waals surface area contributed by atoms with Crippen molar-refractivity contribution in [1.29, 1.82) is 0 Å². The molecule has 7 rings (SSSR count). The second-order valence-corrected chi connectivity index (χ2v) is 26.3. The number of aromatic nitrogens is 6. The van der Waals surface area contributed by atoms with Crippen molar-refractivity contribution < 1.29 is 19.4 Å². The number of piperidine rings is 3. The number of aromatic hydroxyl groups is 1. The quantitative estimate of drug-likeness (QED) is 0.0787. The molecular formula is C61H96N12O4. The largest absolute Gasteiger partial charge is 0.507 e. The Balaban J connectivity index is 1.42. The fraction of sp³-hybridized carbons (Fsp3) is 0.689. The van der Waals surface area contributed by atoms with Gasteiger partial charge >= 0.3 is 12.0 Å². The van der Waals surface area contributed by atoms with Crippen molar-refractivity contribution in [1.82, 2.24) is 44.6 Å². The van der Waals surface area contributed by atoms with Crippen LogP contribution in [0.1, 0.15) is 197 Å². The van der Waals surface area contributed by atoms with Crippen molar-refractivity contribution >= 4 is 29.6 Å². The van der Waals surface area contributed by atoms with Crippen LogP contribution in [0.2, 0.25) is 0 Å². The van der Waals surface area contributed by atoms with Crippen LogP contribution >= 0.6 is 0 Å². The number of unbranched alkanes of at least 4 members (excludes halogenated alkanes) is 3. The average molecular weight is 1060 g/mol. The van der Waals surface area contributed by atoms with Crippen molar-refractivity contribution in [2.24, 2.45) is 0 Å². The third-order valence-electron chi connectivity index (χ3n) is 17.9. The van der Waals surface area contributed by atoms with Gasteiger partial charge in [0.05, 0.1) is 5.56 Å². The van der Waals surface area contributed by atoms with E-state index >= 15 is 0 Å². The number of carbonyl (C=O) groups is 1. The van der Waals surface area contributed by atoms with Gasteiger partial charge in [-0.05, 0) is 161 Å². The molecule has 0 spiro atoms. The number of nitrogens with zero attached hydrogens (tertiary/aromatic N) is 12. The molecule has 0 saturated carbocycles. The average Bonchev–Trinajstić information content (AvgIpc) is 3.34. The van der Waals surface area contributed by atoms with Gasteiger partial charge in [-0.25, -0.2) is 0 Å². The van der Waals surface area contributed by atoms with E-state index in [0.29, 0.717) is 30.0 Å². The summed E-state index contributed by atoms with van der Waals surface area (Å²) in [6, 6.07) is 13.9. The Hall–Kier alpha value is -5.19. The van der Waals surface area contributed by atoms with Crippen LogP contribution in [0.4, 0.5) is 23.8 Å². The first-order chi connectivity index (χ1) is 36.0. The van der Waals surface area contributed by atoms with Crippen molar-refractivity contribution in [3.8, 4) is 23.5 Å². The Labute approximate surface area is 462 Å². The number of phenols is 1. The minimum atomic E-state index is -0.299. The van der Waals surface area contributed by atoms with E-state index < -0.39 is 0 Å². The number of ether oxygens (including phenoxy) is 2. The summed E-state index contributed by atoms with van der Waals surface area (Å²) in [5.74, 6) is 1.77. The van der Waals surface area contributed by atoms with Crippen molar-refractivity contribution in [3.63, 3.8) is 0 Å². The maximum Gasteiger partial charge on any atom is 0.330 e. The molecule has 16 nitrogen and oxygen atoms in total. The zero-order chi connectivity index (χ0) is 56.5. The monoisotopic (exact) mass is 1060 g/mol. The summed E-state index contributed by atoms with van der Waals surface area (Å²) in [7, 11) is 6.70. The lowest BCUT2D eigenvalue weighted by atomic mass is 9.77. The van der Waals surface area contributed by atoms with Gasteiger partial charge in [-0.2, -0.15) is 24.9 Å². The third-order valence-corrected chi connectivity index (χ3v) is 17.9. The van der Waals surface area contributed by atoms with Gasteiger partial charge in [-0.3, -0.25) is 24.4 Å². The smallest absolute Gasteiger partial charge is 0.330 e. The lowest BCUT2D eigenvalue weighted by Crippen LogP contribution is -2.63. The number of hydrogen-bond acceptors (Lipinski definition) is 16. The molecule has 0 atom stereocenters.